The number of nitrogens with one attached hydrogen (secondary N) is 1. The minimum absolute atomic E-state index is 0.281. The van der Waals surface area contributed by atoms with Gasteiger partial charge in [0.15, 0.2) is 0 Å². The number of aromatic nitrogens is 2. The van der Waals surface area contributed by atoms with Crippen LogP contribution in [0.3, 0.4) is 0 Å². The van der Waals surface area contributed by atoms with E-state index in [1.165, 1.54) is 6.07 Å². The molecule has 3 nitrogen and oxygen atoms in total. The average Bonchev–Trinajstić information content (AvgIpc) is 2.34. The van der Waals surface area contributed by atoms with Crippen molar-refractivity contribution in [3.05, 3.63) is 59.4 Å². The van der Waals surface area contributed by atoms with Crippen LogP contribution in [0.15, 0.2) is 36.7 Å². The van der Waals surface area contributed by atoms with Gasteiger partial charge in [0.1, 0.15) is 5.82 Å². The highest BCUT2D eigenvalue weighted by molar-refractivity contribution is 5.12. The van der Waals surface area contributed by atoms with Crippen molar-refractivity contribution in [3.8, 4) is 0 Å². The fraction of sp³-hybridized carbons (Fsp3) is 0.231. The summed E-state index contributed by atoms with van der Waals surface area (Å²) in [7, 11) is 0. The molecule has 0 bridgehead atoms. The largest absolute Gasteiger partial charge is 0.305 e. The lowest BCUT2D eigenvalue weighted by Gasteiger charge is -2.04. The summed E-state index contributed by atoms with van der Waals surface area (Å²) in [5.74, 6) is -0.281. The second kappa shape index (κ2) is 5.50. The Morgan fingerprint density at radius 2 is 2.06 bits per heavy atom. The Bertz CT molecular complexity index is 482. The lowest BCUT2D eigenvalue weighted by atomic mass is 10.2. The summed E-state index contributed by atoms with van der Waals surface area (Å²) in [5.41, 5.74) is 2.50. The van der Waals surface area contributed by atoms with Crippen LogP contribution in [0.1, 0.15) is 17.0 Å². The fourth-order valence-corrected chi connectivity index (χ4v) is 1.46. The van der Waals surface area contributed by atoms with Crippen molar-refractivity contribution in [3.63, 3.8) is 0 Å². The van der Waals surface area contributed by atoms with Crippen LogP contribution in [0.5, 0.6) is 0 Å². The number of nitrogens with zero attached hydrogens (tertiary/aromatic N) is 2. The van der Waals surface area contributed by atoms with Crippen LogP contribution in [0.25, 0.3) is 0 Å². The molecule has 0 aliphatic heterocycles. The van der Waals surface area contributed by atoms with E-state index in [0.29, 0.717) is 18.8 Å². The van der Waals surface area contributed by atoms with E-state index in [-0.39, 0.29) is 5.82 Å². The van der Waals surface area contributed by atoms with Crippen molar-refractivity contribution < 1.29 is 4.39 Å². The Balaban J connectivity index is 1.88. The van der Waals surface area contributed by atoms with Crippen LogP contribution in [-0.4, -0.2) is 9.97 Å². The quantitative estimate of drug-likeness (QED) is 0.876. The molecule has 17 heavy (non-hydrogen) atoms. The van der Waals surface area contributed by atoms with Crippen LogP contribution < -0.4 is 5.32 Å². The number of hydrogen-bond donors (Lipinski definition) is 1. The van der Waals surface area contributed by atoms with Crippen LogP contribution in [-0.2, 0) is 13.1 Å². The molecule has 0 unspecified atom stereocenters. The summed E-state index contributed by atoms with van der Waals surface area (Å²) >= 11 is 0. The van der Waals surface area contributed by atoms with E-state index in [2.05, 4.69) is 15.3 Å². The van der Waals surface area contributed by atoms with Gasteiger partial charge in [-0.15, -0.1) is 0 Å². The Labute approximate surface area is 99.7 Å². The Kier molecular flexibility index (Phi) is 3.77. The third kappa shape index (κ3) is 3.32. The van der Waals surface area contributed by atoms with Crippen molar-refractivity contribution in [2.75, 3.05) is 0 Å². The summed E-state index contributed by atoms with van der Waals surface area (Å²) in [5, 5.41) is 3.11. The minimum atomic E-state index is -0.281. The topological polar surface area (TPSA) is 37.8 Å². The first-order chi connectivity index (χ1) is 8.25. The SMILES string of the molecule is Cc1ccc(CNCc2ncccc2F)nc1. The normalized spacial score (nSPS) is 10.5. The zero-order chi connectivity index (χ0) is 12.1. The molecule has 2 aromatic heterocycles. The lowest BCUT2D eigenvalue weighted by Crippen LogP contribution is -2.15. The van der Waals surface area contributed by atoms with Crippen molar-refractivity contribution in [1.82, 2.24) is 15.3 Å². The Morgan fingerprint density at radius 3 is 2.76 bits per heavy atom. The van der Waals surface area contributed by atoms with Crippen LogP contribution in [0.4, 0.5) is 4.39 Å². The number of halogens is 1. The molecule has 2 aromatic rings. The maximum Gasteiger partial charge on any atom is 0.146 e. The maximum absolute atomic E-state index is 13.3. The van der Waals surface area contributed by atoms with Gasteiger partial charge in [-0.2, -0.15) is 0 Å². The van der Waals surface area contributed by atoms with Gasteiger partial charge < -0.3 is 5.32 Å². The first-order valence-electron chi connectivity index (χ1n) is 5.47. The molecule has 0 aliphatic carbocycles. The number of pyridine rings is 2. The zero-order valence-corrected chi connectivity index (χ0v) is 9.65. The number of rotatable bonds is 4. The molecule has 1 N–H and O–H groups in total. The van der Waals surface area contributed by atoms with Crippen molar-refractivity contribution >= 4 is 0 Å². The zero-order valence-electron chi connectivity index (χ0n) is 9.65. The highest BCUT2D eigenvalue weighted by Crippen LogP contribution is 2.03. The first kappa shape index (κ1) is 11.7. The van der Waals surface area contributed by atoms with Gasteiger partial charge in [0, 0.05) is 25.5 Å². The molecule has 0 amide bonds. The molecule has 0 aromatic carbocycles. The summed E-state index contributed by atoms with van der Waals surface area (Å²) in [6.45, 7) is 3.01. The number of hydrogen-bond acceptors (Lipinski definition) is 3. The highest BCUT2D eigenvalue weighted by atomic mass is 19.1. The molecular weight excluding hydrogens is 217 g/mol. The van der Waals surface area contributed by atoms with Crippen molar-refractivity contribution in [2.45, 2.75) is 20.0 Å². The maximum atomic E-state index is 13.3. The molecule has 0 fully saturated rings. The van der Waals surface area contributed by atoms with Crippen LogP contribution in [0.2, 0.25) is 0 Å². The van der Waals surface area contributed by atoms with Gasteiger partial charge >= 0.3 is 0 Å². The van der Waals surface area contributed by atoms with E-state index in [1.54, 1.807) is 12.3 Å². The van der Waals surface area contributed by atoms with E-state index in [9.17, 15) is 4.39 Å². The van der Waals surface area contributed by atoms with Crippen molar-refractivity contribution in [2.24, 2.45) is 0 Å². The molecule has 2 rings (SSSR count). The van der Waals surface area contributed by atoms with Gasteiger partial charge in [-0.1, -0.05) is 6.07 Å². The molecule has 2 heterocycles. The third-order valence-electron chi connectivity index (χ3n) is 2.41. The van der Waals surface area contributed by atoms with Gasteiger partial charge in [0.25, 0.3) is 0 Å². The molecule has 88 valence electrons. The summed E-state index contributed by atoms with van der Waals surface area (Å²) in [6.07, 6.45) is 3.41. The summed E-state index contributed by atoms with van der Waals surface area (Å²) in [6, 6.07) is 6.96. The molecule has 0 saturated carbocycles. The second-order valence-corrected chi connectivity index (χ2v) is 3.86. The van der Waals surface area contributed by atoms with Gasteiger partial charge in [0.05, 0.1) is 11.4 Å². The Hall–Kier alpha value is -1.81. The first-order valence-corrected chi connectivity index (χ1v) is 5.47. The molecular formula is C13H14FN3. The predicted molar refractivity (Wildman–Crippen MR) is 63.7 cm³/mol. The third-order valence-corrected chi connectivity index (χ3v) is 2.41. The molecule has 4 heteroatoms. The molecule has 0 saturated heterocycles. The second-order valence-electron chi connectivity index (χ2n) is 3.86. The van der Waals surface area contributed by atoms with E-state index in [1.807, 2.05) is 25.3 Å². The average molecular weight is 231 g/mol. The molecule has 0 aliphatic rings. The monoisotopic (exact) mass is 231 g/mol. The number of aryl methyl sites for hydroxylation is 1. The van der Waals surface area contributed by atoms with Gasteiger partial charge in [-0.25, -0.2) is 4.39 Å². The Morgan fingerprint density at radius 1 is 1.18 bits per heavy atom. The van der Waals surface area contributed by atoms with Gasteiger partial charge in [-0.3, -0.25) is 9.97 Å². The smallest absolute Gasteiger partial charge is 0.146 e. The van der Waals surface area contributed by atoms with Crippen LogP contribution >= 0.6 is 0 Å². The fourth-order valence-electron chi connectivity index (χ4n) is 1.46. The van der Waals surface area contributed by atoms with Gasteiger partial charge in [-0.05, 0) is 30.7 Å². The van der Waals surface area contributed by atoms with E-state index in [0.717, 1.165) is 11.3 Å². The predicted octanol–water partition coefficient (Wildman–Crippen LogP) is 2.21. The van der Waals surface area contributed by atoms with Crippen molar-refractivity contribution in [1.29, 1.82) is 0 Å². The molecule has 0 radical (unpaired) electrons. The van der Waals surface area contributed by atoms with Gasteiger partial charge in [0.2, 0.25) is 0 Å². The standard InChI is InChI=1S/C13H14FN3/c1-10-4-5-11(17-7-10)8-15-9-13-12(14)3-2-6-16-13/h2-7,15H,8-9H2,1H3. The minimum Gasteiger partial charge on any atom is -0.305 e. The summed E-state index contributed by atoms with van der Waals surface area (Å²) < 4.78 is 13.3. The van der Waals surface area contributed by atoms with E-state index < -0.39 is 0 Å². The van der Waals surface area contributed by atoms with E-state index in [4.69, 9.17) is 0 Å². The molecule has 0 atom stereocenters. The highest BCUT2D eigenvalue weighted by Gasteiger charge is 2.01. The van der Waals surface area contributed by atoms with Crippen LogP contribution in [0, 0.1) is 12.7 Å². The van der Waals surface area contributed by atoms with E-state index >= 15 is 0 Å². The molecule has 0 spiro atoms. The summed E-state index contributed by atoms with van der Waals surface area (Å²) in [4.78, 5) is 8.22. The lowest BCUT2D eigenvalue weighted by molar-refractivity contribution is 0.572.